The zero-order valence-electron chi connectivity index (χ0n) is 8.75. The Morgan fingerprint density at radius 1 is 1.57 bits per heavy atom. The zero-order chi connectivity index (χ0) is 10.4. The van der Waals surface area contributed by atoms with Crippen molar-refractivity contribution in [3.8, 4) is 0 Å². The fourth-order valence-electron chi connectivity index (χ4n) is 1.50. The van der Waals surface area contributed by atoms with E-state index in [2.05, 4.69) is 5.32 Å². The molecule has 0 amide bonds. The van der Waals surface area contributed by atoms with E-state index in [0.29, 0.717) is 12.1 Å². The molecule has 0 heterocycles. The molecule has 3 heteroatoms. The summed E-state index contributed by atoms with van der Waals surface area (Å²) in [5, 5.41) is 11.8. The number of hydrogen-bond acceptors (Lipinski definition) is 2. The van der Waals surface area contributed by atoms with Crippen LogP contribution < -0.4 is 5.32 Å². The molecule has 2 N–H and O–H groups in total. The van der Waals surface area contributed by atoms with Crippen LogP contribution in [0.4, 0.5) is 0 Å². The normalized spacial score (nSPS) is 17.9. The van der Waals surface area contributed by atoms with E-state index in [9.17, 15) is 4.79 Å². The van der Waals surface area contributed by atoms with Crippen LogP contribution in [0, 0.1) is 5.92 Å². The predicted molar refractivity (Wildman–Crippen MR) is 56.2 cm³/mol. The van der Waals surface area contributed by atoms with Gasteiger partial charge in [-0.1, -0.05) is 25.3 Å². The van der Waals surface area contributed by atoms with Crippen molar-refractivity contribution in [3.05, 3.63) is 11.6 Å². The maximum absolute atomic E-state index is 10.4. The third-order valence-electron chi connectivity index (χ3n) is 2.84. The third kappa shape index (κ3) is 3.92. The van der Waals surface area contributed by atoms with Gasteiger partial charge in [-0.15, -0.1) is 0 Å². The highest BCUT2D eigenvalue weighted by atomic mass is 16.4. The van der Waals surface area contributed by atoms with Crippen molar-refractivity contribution in [3.63, 3.8) is 0 Å². The van der Waals surface area contributed by atoms with Gasteiger partial charge in [-0.3, -0.25) is 0 Å². The Labute approximate surface area is 85.2 Å². The van der Waals surface area contributed by atoms with Gasteiger partial charge in [-0.05, 0) is 25.8 Å². The summed E-state index contributed by atoms with van der Waals surface area (Å²) < 4.78 is 0. The van der Waals surface area contributed by atoms with Crippen molar-refractivity contribution in [2.75, 3.05) is 13.1 Å². The molecule has 1 saturated carbocycles. The number of carbonyl (C=O) groups is 1. The molecule has 3 nitrogen and oxygen atoms in total. The molecule has 14 heavy (non-hydrogen) atoms. The molecule has 0 aromatic heterocycles. The molecule has 0 saturated heterocycles. The van der Waals surface area contributed by atoms with Gasteiger partial charge in [0.1, 0.15) is 0 Å². The van der Waals surface area contributed by atoms with E-state index < -0.39 is 5.97 Å². The summed E-state index contributed by atoms with van der Waals surface area (Å²) in [4.78, 5) is 10.4. The third-order valence-corrected chi connectivity index (χ3v) is 2.84. The number of rotatable bonds is 6. The Morgan fingerprint density at radius 2 is 2.29 bits per heavy atom. The van der Waals surface area contributed by atoms with Gasteiger partial charge in [-0.25, -0.2) is 4.79 Å². The summed E-state index contributed by atoms with van der Waals surface area (Å²) in [5.41, 5.74) is 0.418. The Balaban J connectivity index is 1.97. The van der Waals surface area contributed by atoms with Crippen molar-refractivity contribution in [1.29, 1.82) is 0 Å². The molecule has 0 radical (unpaired) electrons. The first-order valence-corrected chi connectivity index (χ1v) is 5.31. The summed E-state index contributed by atoms with van der Waals surface area (Å²) in [6.07, 6.45) is 7.11. The standard InChI is InChI=1S/C11H19NO2/c1-9(11(13)14)5-7-12-8-6-10-3-2-4-10/h5,10,12H,2-4,6-8H2,1H3,(H,13,14). The summed E-state index contributed by atoms with van der Waals surface area (Å²) in [5.74, 6) is 0.0952. The first-order chi connectivity index (χ1) is 6.70. The van der Waals surface area contributed by atoms with Gasteiger partial charge in [0, 0.05) is 12.1 Å². The number of nitrogens with one attached hydrogen (secondary N) is 1. The molecule has 1 rings (SSSR count). The average molecular weight is 197 g/mol. The number of aliphatic carboxylic acids is 1. The van der Waals surface area contributed by atoms with Crippen molar-refractivity contribution < 1.29 is 9.90 Å². The Hall–Kier alpha value is -0.830. The van der Waals surface area contributed by atoms with Crippen molar-refractivity contribution in [2.24, 2.45) is 5.92 Å². The van der Waals surface area contributed by atoms with Gasteiger partial charge in [0.25, 0.3) is 0 Å². The zero-order valence-corrected chi connectivity index (χ0v) is 8.75. The van der Waals surface area contributed by atoms with E-state index >= 15 is 0 Å². The molecule has 0 aromatic carbocycles. The SMILES string of the molecule is CC(=CCNCCC1CCC1)C(=O)O. The predicted octanol–water partition coefficient (Wildman–Crippen LogP) is 1.80. The van der Waals surface area contributed by atoms with E-state index in [1.165, 1.54) is 25.7 Å². The first kappa shape index (κ1) is 11.2. The number of carboxylic acids is 1. The van der Waals surface area contributed by atoms with Gasteiger partial charge in [-0.2, -0.15) is 0 Å². The van der Waals surface area contributed by atoms with Crippen LogP contribution in [0.5, 0.6) is 0 Å². The molecule has 1 aliphatic rings. The lowest BCUT2D eigenvalue weighted by Crippen LogP contribution is -2.21. The molecule has 1 fully saturated rings. The number of hydrogen-bond donors (Lipinski definition) is 2. The molecular formula is C11H19NO2. The van der Waals surface area contributed by atoms with Crippen LogP contribution in [0.1, 0.15) is 32.6 Å². The van der Waals surface area contributed by atoms with Gasteiger partial charge in [0.2, 0.25) is 0 Å². The molecule has 0 aromatic rings. The quantitative estimate of drug-likeness (QED) is 0.504. The van der Waals surface area contributed by atoms with E-state index in [1.807, 2.05) is 0 Å². The molecular weight excluding hydrogens is 178 g/mol. The van der Waals surface area contributed by atoms with Crippen LogP contribution in [0.2, 0.25) is 0 Å². The van der Waals surface area contributed by atoms with Crippen LogP contribution in [-0.4, -0.2) is 24.2 Å². The van der Waals surface area contributed by atoms with Crippen LogP contribution in [0.3, 0.4) is 0 Å². The summed E-state index contributed by atoms with van der Waals surface area (Å²) in [6, 6.07) is 0. The molecule has 0 spiro atoms. The lowest BCUT2D eigenvalue weighted by molar-refractivity contribution is -0.132. The molecule has 80 valence electrons. The van der Waals surface area contributed by atoms with Gasteiger partial charge in [0.15, 0.2) is 0 Å². The van der Waals surface area contributed by atoms with Gasteiger partial charge < -0.3 is 10.4 Å². The minimum absolute atomic E-state index is 0.418. The van der Waals surface area contributed by atoms with Crippen LogP contribution in [-0.2, 0) is 4.79 Å². The fourth-order valence-corrected chi connectivity index (χ4v) is 1.50. The highest BCUT2D eigenvalue weighted by Gasteiger charge is 2.15. The number of carboxylic acid groups (broad SMARTS) is 1. The largest absolute Gasteiger partial charge is 0.478 e. The average Bonchev–Trinajstić information content (AvgIpc) is 2.07. The van der Waals surface area contributed by atoms with E-state index in [1.54, 1.807) is 13.0 Å². The fraction of sp³-hybridized carbons (Fsp3) is 0.727. The van der Waals surface area contributed by atoms with Crippen LogP contribution >= 0.6 is 0 Å². The van der Waals surface area contributed by atoms with Crippen molar-refractivity contribution in [2.45, 2.75) is 32.6 Å². The Bertz CT molecular complexity index is 219. The second kappa shape index (κ2) is 5.81. The molecule has 0 atom stereocenters. The van der Waals surface area contributed by atoms with Gasteiger partial charge in [0.05, 0.1) is 0 Å². The minimum atomic E-state index is -0.828. The van der Waals surface area contributed by atoms with E-state index in [-0.39, 0.29) is 0 Å². The lowest BCUT2D eigenvalue weighted by Gasteiger charge is -2.25. The Morgan fingerprint density at radius 3 is 2.79 bits per heavy atom. The monoisotopic (exact) mass is 197 g/mol. The summed E-state index contributed by atoms with van der Waals surface area (Å²) in [6.45, 7) is 3.30. The molecule has 1 aliphatic carbocycles. The van der Waals surface area contributed by atoms with Crippen molar-refractivity contribution in [1.82, 2.24) is 5.32 Å². The molecule has 0 aliphatic heterocycles. The highest BCUT2D eigenvalue weighted by Crippen LogP contribution is 2.28. The molecule has 0 bridgehead atoms. The second-order valence-corrected chi connectivity index (χ2v) is 3.98. The topological polar surface area (TPSA) is 49.3 Å². The van der Waals surface area contributed by atoms with Gasteiger partial charge >= 0.3 is 5.97 Å². The highest BCUT2D eigenvalue weighted by molar-refractivity contribution is 5.85. The lowest BCUT2D eigenvalue weighted by atomic mass is 9.83. The second-order valence-electron chi connectivity index (χ2n) is 3.98. The Kier molecular flexibility index (Phi) is 4.66. The summed E-state index contributed by atoms with van der Waals surface area (Å²) >= 11 is 0. The summed E-state index contributed by atoms with van der Waals surface area (Å²) in [7, 11) is 0. The first-order valence-electron chi connectivity index (χ1n) is 5.31. The van der Waals surface area contributed by atoms with E-state index in [0.717, 1.165) is 12.5 Å². The molecule has 0 unspecified atom stereocenters. The van der Waals surface area contributed by atoms with Crippen LogP contribution in [0.25, 0.3) is 0 Å². The van der Waals surface area contributed by atoms with Crippen LogP contribution in [0.15, 0.2) is 11.6 Å². The maximum atomic E-state index is 10.4. The minimum Gasteiger partial charge on any atom is -0.478 e. The van der Waals surface area contributed by atoms with Crippen molar-refractivity contribution >= 4 is 5.97 Å². The smallest absolute Gasteiger partial charge is 0.330 e. The van der Waals surface area contributed by atoms with E-state index in [4.69, 9.17) is 5.11 Å². The maximum Gasteiger partial charge on any atom is 0.330 e.